The summed E-state index contributed by atoms with van der Waals surface area (Å²) in [5.41, 5.74) is 6.26. The molecule has 2 aliphatic rings. The van der Waals surface area contributed by atoms with E-state index in [0.717, 1.165) is 48.1 Å². The Balaban J connectivity index is 0.00000289. The Labute approximate surface area is 197 Å². The summed E-state index contributed by atoms with van der Waals surface area (Å²) in [7, 11) is 2.25. The molecule has 0 spiro atoms. The molecule has 5 nitrogen and oxygen atoms in total. The average Bonchev–Trinajstić information content (AvgIpc) is 2.74. The van der Waals surface area contributed by atoms with E-state index >= 15 is 0 Å². The maximum Gasteiger partial charge on any atom is 0.224 e. The number of likely N-dealkylation sites (N-methyl/N-ethyl adjacent to an activating group) is 1. The van der Waals surface area contributed by atoms with Crippen LogP contribution < -0.4 is 22.5 Å². The number of nitrogens with one attached hydrogen (secondary N) is 1. The fourth-order valence-corrected chi connectivity index (χ4v) is 5.10. The Kier molecular flexibility index (Phi) is 7.86. The first-order valence-electron chi connectivity index (χ1n) is 11.5. The van der Waals surface area contributed by atoms with E-state index in [2.05, 4.69) is 44.4 Å². The number of amides is 1. The molecule has 0 aromatic heterocycles. The van der Waals surface area contributed by atoms with Crippen LogP contribution in [0.3, 0.4) is 0 Å². The number of carbonyl (C=O) groups is 1. The van der Waals surface area contributed by atoms with Crippen LogP contribution in [0.5, 0.6) is 5.75 Å². The van der Waals surface area contributed by atoms with Gasteiger partial charge in [0.05, 0.1) is 20.1 Å². The van der Waals surface area contributed by atoms with Gasteiger partial charge in [0.15, 0.2) is 0 Å². The van der Waals surface area contributed by atoms with E-state index in [4.69, 9.17) is 4.74 Å². The number of anilines is 1. The first-order valence-corrected chi connectivity index (χ1v) is 11.5. The predicted octanol–water partition coefficient (Wildman–Crippen LogP) is 0.956. The van der Waals surface area contributed by atoms with E-state index in [1.54, 1.807) is 0 Å². The number of hydrogen-bond acceptors (Lipinski definition) is 3. The van der Waals surface area contributed by atoms with Crippen LogP contribution in [0, 0.1) is 13.8 Å². The van der Waals surface area contributed by atoms with Crippen molar-refractivity contribution in [2.75, 3.05) is 38.6 Å². The van der Waals surface area contributed by atoms with Crippen molar-refractivity contribution in [3.63, 3.8) is 0 Å². The number of likely N-dealkylation sites (tertiary alicyclic amines) is 1. The number of ether oxygens (including phenoxy) is 1. The lowest BCUT2D eigenvalue weighted by Crippen LogP contribution is -3.00. The quantitative estimate of drug-likeness (QED) is 0.634. The van der Waals surface area contributed by atoms with Crippen LogP contribution in [-0.2, 0) is 11.2 Å². The zero-order chi connectivity index (χ0) is 22.0. The fourth-order valence-electron chi connectivity index (χ4n) is 5.10. The molecular formula is C26H35ClN2O3. The van der Waals surface area contributed by atoms with Crippen LogP contribution in [-0.4, -0.2) is 54.9 Å². The maximum absolute atomic E-state index is 11.6. The SMILES string of the molecule is Cc1cccc(C2CC[N+](C)(CC(O)COc3ccc4c(c3)NC(=O)CC4)CC2)c1C.[Cl-]. The van der Waals surface area contributed by atoms with Gasteiger partial charge in [0.1, 0.15) is 25.0 Å². The van der Waals surface area contributed by atoms with Crippen LogP contribution in [0.25, 0.3) is 0 Å². The van der Waals surface area contributed by atoms with Crippen molar-refractivity contribution >= 4 is 11.6 Å². The second kappa shape index (κ2) is 10.2. The number of fused-ring (bicyclic) bond motifs is 1. The van der Waals surface area contributed by atoms with Crippen molar-refractivity contribution in [1.29, 1.82) is 0 Å². The number of aliphatic hydroxyl groups is 1. The molecule has 174 valence electrons. The molecule has 2 N–H and O–H groups in total. The molecule has 1 amide bonds. The minimum atomic E-state index is -0.520. The monoisotopic (exact) mass is 458 g/mol. The van der Waals surface area contributed by atoms with Crippen LogP contribution in [0.2, 0.25) is 0 Å². The minimum absolute atomic E-state index is 0. The van der Waals surface area contributed by atoms with Gasteiger partial charge in [0.2, 0.25) is 5.91 Å². The Bertz CT molecular complexity index is 954. The molecule has 1 unspecified atom stereocenters. The van der Waals surface area contributed by atoms with E-state index in [-0.39, 0.29) is 24.9 Å². The third-order valence-corrected chi connectivity index (χ3v) is 7.19. The van der Waals surface area contributed by atoms with Gasteiger partial charge >= 0.3 is 0 Å². The molecule has 0 radical (unpaired) electrons. The molecule has 32 heavy (non-hydrogen) atoms. The Hall–Kier alpha value is -2.08. The normalized spacial score (nSPS) is 23.5. The molecule has 2 aliphatic heterocycles. The number of piperidine rings is 1. The van der Waals surface area contributed by atoms with Gasteiger partial charge in [-0.2, -0.15) is 0 Å². The topological polar surface area (TPSA) is 58.6 Å². The number of hydrogen-bond donors (Lipinski definition) is 2. The van der Waals surface area contributed by atoms with Crippen molar-refractivity contribution in [1.82, 2.24) is 0 Å². The van der Waals surface area contributed by atoms with Crippen LogP contribution in [0.15, 0.2) is 36.4 Å². The molecule has 1 saturated heterocycles. The Morgan fingerprint density at radius 1 is 1.16 bits per heavy atom. The summed E-state index contributed by atoms with van der Waals surface area (Å²) < 4.78 is 6.74. The molecule has 0 bridgehead atoms. The van der Waals surface area contributed by atoms with E-state index in [1.807, 2.05) is 18.2 Å². The van der Waals surface area contributed by atoms with E-state index < -0.39 is 6.10 Å². The van der Waals surface area contributed by atoms with Crippen molar-refractivity contribution in [2.24, 2.45) is 0 Å². The van der Waals surface area contributed by atoms with Gasteiger partial charge in [0, 0.05) is 31.0 Å². The molecule has 0 saturated carbocycles. The van der Waals surface area contributed by atoms with E-state index in [1.165, 1.54) is 16.7 Å². The largest absolute Gasteiger partial charge is 1.00 e. The third-order valence-electron chi connectivity index (χ3n) is 7.19. The molecule has 1 fully saturated rings. The van der Waals surface area contributed by atoms with Crippen molar-refractivity contribution in [3.05, 3.63) is 58.7 Å². The molecule has 2 aromatic rings. The first kappa shape index (κ1) is 24.6. The Morgan fingerprint density at radius 3 is 2.66 bits per heavy atom. The van der Waals surface area contributed by atoms with E-state index in [9.17, 15) is 9.90 Å². The highest BCUT2D eigenvalue weighted by Gasteiger charge is 2.33. The van der Waals surface area contributed by atoms with Gasteiger partial charge in [-0.15, -0.1) is 0 Å². The first-order chi connectivity index (χ1) is 14.8. The van der Waals surface area contributed by atoms with Crippen molar-refractivity contribution in [3.8, 4) is 5.75 Å². The smallest absolute Gasteiger partial charge is 0.224 e. The summed E-state index contributed by atoms with van der Waals surface area (Å²) in [5, 5.41) is 13.6. The molecule has 0 aliphatic carbocycles. The van der Waals surface area contributed by atoms with Gasteiger partial charge in [-0.05, 0) is 54.5 Å². The predicted molar refractivity (Wildman–Crippen MR) is 124 cm³/mol. The van der Waals surface area contributed by atoms with Crippen molar-refractivity contribution in [2.45, 2.75) is 51.6 Å². The second-order valence-corrected chi connectivity index (χ2v) is 9.64. The fraction of sp³-hybridized carbons (Fsp3) is 0.500. The number of benzene rings is 2. The molecule has 2 aromatic carbocycles. The van der Waals surface area contributed by atoms with Gasteiger partial charge in [-0.1, -0.05) is 24.3 Å². The number of nitrogens with zero attached hydrogens (tertiary/aromatic N) is 1. The van der Waals surface area contributed by atoms with E-state index in [0.29, 0.717) is 24.6 Å². The minimum Gasteiger partial charge on any atom is -1.00 e. The lowest BCUT2D eigenvalue weighted by molar-refractivity contribution is -0.917. The number of carbonyl (C=O) groups excluding carboxylic acids is 1. The molecule has 6 heteroatoms. The van der Waals surface area contributed by atoms with Crippen LogP contribution >= 0.6 is 0 Å². The molecule has 4 rings (SSSR count). The van der Waals surface area contributed by atoms with Crippen LogP contribution in [0.4, 0.5) is 5.69 Å². The number of rotatable bonds is 6. The summed E-state index contributed by atoms with van der Waals surface area (Å²) in [6.45, 7) is 7.53. The average molecular weight is 459 g/mol. The zero-order valence-corrected chi connectivity index (χ0v) is 20.1. The van der Waals surface area contributed by atoms with Gasteiger partial charge in [-0.3, -0.25) is 4.79 Å². The maximum atomic E-state index is 11.6. The highest BCUT2D eigenvalue weighted by molar-refractivity contribution is 5.94. The number of aliphatic hydroxyl groups excluding tert-OH is 1. The number of aryl methyl sites for hydroxylation is 2. The highest BCUT2D eigenvalue weighted by atomic mass is 35.5. The summed E-state index contributed by atoms with van der Waals surface area (Å²) in [6.07, 6.45) is 3.08. The third kappa shape index (κ3) is 5.64. The standard InChI is InChI=1S/C26H34N2O3.ClH/c1-18-5-4-6-24(19(18)2)20-11-13-28(3,14-12-20)16-22(29)17-31-23-9-7-21-8-10-26(30)27-25(21)15-23;/h4-7,9,15,20,22,29H,8,10-14,16-17H2,1-3H3;1H. The molecular weight excluding hydrogens is 424 g/mol. The summed E-state index contributed by atoms with van der Waals surface area (Å²) in [4.78, 5) is 11.6. The zero-order valence-electron chi connectivity index (χ0n) is 19.4. The van der Waals surface area contributed by atoms with Gasteiger partial charge in [0.25, 0.3) is 0 Å². The second-order valence-electron chi connectivity index (χ2n) is 9.64. The Morgan fingerprint density at radius 2 is 1.91 bits per heavy atom. The summed E-state index contributed by atoms with van der Waals surface area (Å²) >= 11 is 0. The van der Waals surface area contributed by atoms with Gasteiger partial charge < -0.3 is 32.1 Å². The lowest BCUT2D eigenvalue weighted by atomic mass is 9.84. The summed E-state index contributed by atoms with van der Waals surface area (Å²) in [5.74, 6) is 1.35. The van der Waals surface area contributed by atoms with Gasteiger partial charge in [-0.25, -0.2) is 0 Å². The number of halogens is 1. The number of quaternary nitrogens is 1. The summed E-state index contributed by atoms with van der Waals surface area (Å²) in [6, 6.07) is 12.4. The molecule has 1 atom stereocenters. The highest BCUT2D eigenvalue weighted by Crippen LogP contribution is 2.33. The van der Waals surface area contributed by atoms with Crippen molar-refractivity contribution < 1.29 is 31.5 Å². The molecule has 2 heterocycles. The van der Waals surface area contributed by atoms with Crippen LogP contribution in [0.1, 0.15) is 47.4 Å². The lowest BCUT2D eigenvalue weighted by Gasteiger charge is -2.42.